The van der Waals surface area contributed by atoms with E-state index in [1.165, 1.54) is 79.8 Å². The molecule has 0 bridgehead atoms. The lowest BCUT2D eigenvalue weighted by atomic mass is 9.70. The fourth-order valence-corrected chi connectivity index (χ4v) is 5.16. The van der Waals surface area contributed by atoms with Gasteiger partial charge in [-0.15, -0.1) is 0 Å². The SMILES string of the molecule is CCCCCCC1(CCCCCC)c2ccccc2-c2ccc(Br)cc21.OB(O)O. The molecule has 0 saturated heterocycles. The fourth-order valence-electron chi connectivity index (χ4n) is 4.80. The van der Waals surface area contributed by atoms with Gasteiger partial charge in [-0.1, -0.05) is 111 Å². The van der Waals surface area contributed by atoms with Crippen LogP contribution in [0.2, 0.25) is 0 Å². The lowest BCUT2D eigenvalue weighted by Crippen LogP contribution is -2.25. The zero-order chi connectivity index (χ0) is 22.0. The number of fused-ring (bicyclic) bond motifs is 3. The van der Waals surface area contributed by atoms with Gasteiger partial charge in [0.1, 0.15) is 0 Å². The second-order valence-electron chi connectivity index (χ2n) is 8.29. The minimum atomic E-state index is -2.17. The minimum absolute atomic E-state index is 0.219. The lowest BCUT2D eigenvalue weighted by Gasteiger charge is -2.33. The van der Waals surface area contributed by atoms with Gasteiger partial charge in [0, 0.05) is 9.89 Å². The van der Waals surface area contributed by atoms with Crippen molar-refractivity contribution in [2.75, 3.05) is 0 Å². The molecule has 3 N–H and O–H groups in total. The summed E-state index contributed by atoms with van der Waals surface area (Å²) >= 11 is 3.75. The molecule has 164 valence electrons. The Bertz CT molecular complexity index is 764. The van der Waals surface area contributed by atoms with Gasteiger partial charge >= 0.3 is 7.32 Å². The molecule has 5 heteroatoms. The third-order valence-corrected chi connectivity index (χ3v) is 6.64. The average Bonchev–Trinajstić information content (AvgIpc) is 2.98. The van der Waals surface area contributed by atoms with Crippen LogP contribution in [-0.4, -0.2) is 22.4 Å². The topological polar surface area (TPSA) is 60.7 Å². The molecule has 0 aliphatic heterocycles. The molecule has 30 heavy (non-hydrogen) atoms. The van der Waals surface area contributed by atoms with Crippen molar-refractivity contribution in [3.63, 3.8) is 0 Å². The van der Waals surface area contributed by atoms with Gasteiger partial charge in [0.15, 0.2) is 0 Å². The molecule has 0 aromatic heterocycles. The van der Waals surface area contributed by atoms with E-state index in [1.54, 1.807) is 11.1 Å². The summed E-state index contributed by atoms with van der Waals surface area (Å²) in [7, 11) is -2.17. The molecule has 0 unspecified atom stereocenters. The van der Waals surface area contributed by atoms with Gasteiger partial charge in [0.05, 0.1) is 0 Å². The van der Waals surface area contributed by atoms with Crippen molar-refractivity contribution in [3.05, 3.63) is 58.1 Å². The standard InChI is InChI=1S/C25H33Br.BH3O3/c1-3-5-7-11-17-25(18-12-8-6-4-2)23-14-10-9-13-21(23)22-16-15-20(26)19-24(22)25;2-1(3)4/h9-10,13-16,19H,3-8,11-12,17-18H2,1-2H3;2-4H. The van der Waals surface area contributed by atoms with E-state index in [-0.39, 0.29) is 5.41 Å². The Kier molecular flexibility index (Phi) is 10.6. The summed E-state index contributed by atoms with van der Waals surface area (Å²) in [5.74, 6) is 0. The molecule has 0 radical (unpaired) electrons. The molecule has 2 aromatic carbocycles. The summed E-state index contributed by atoms with van der Waals surface area (Å²) in [6.07, 6.45) is 13.3. The number of halogens is 1. The van der Waals surface area contributed by atoms with E-state index in [0.717, 1.165) is 0 Å². The van der Waals surface area contributed by atoms with Crippen LogP contribution in [0.5, 0.6) is 0 Å². The minimum Gasteiger partial charge on any atom is -0.402 e. The van der Waals surface area contributed by atoms with Crippen LogP contribution in [0, 0.1) is 0 Å². The van der Waals surface area contributed by atoms with Crippen molar-refractivity contribution >= 4 is 23.3 Å². The summed E-state index contributed by atoms with van der Waals surface area (Å²) in [4.78, 5) is 0. The van der Waals surface area contributed by atoms with Crippen LogP contribution in [0.25, 0.3) is 11.1 Å². The van der Waals surface area contributed by atoms with Crippen molar-refractivity contribution in [2.24, 2.45) is 0 Å². The average molecular weight is 475 g/mol. The number of hydrogen-bond donors (Lipinski definition) is 3. The van der Waals surface area contributed by atoms with Gasteiger partial charge in [-0.05, 0) is 47.2 Å². The first kappa shape index (κ1) is 25.1. The Morgan fingerprint density at radius 2 is 1.27 bits per heavy atom. The van der Waals surface area contributed by atoms with E-state index in [4.69, 9.17) is 15.1 Å². The van der Waals surface area contributed by atoms with E-state index < -0.39 is 7.32 Å². The first-order valence-electron chi connectivity index (χ1n) is 11.4. The van der Waals surface area contributed by atoms with E-state index in [1.807, 2.05) is 0 Å². The maximum absolute atomic E-state index is 7.17. The van der Waals surface area contributed by atoms with Crippen molar-refractivity contribution in [2.45, 2.75) is 83.5 Å². The molecular formula is C25H36BBrO3. The zero-order valence-corrected chi connectivity index (χ0v) is 20.0. The maximum atomic E-state index is 7.17. The zero-order valence-electron chi connectivity index (χ0n) is 18.4. The van der Waals surface area contributed by atoms with Gasteiger partial charge < -0.3 is 15.1 Å². The first-order chi connectivity index (χ1) is 14.5. The van der Waals surface area contributed by atoms with Gasteiger partial charge in [0.2, 0.25) is 0 Å². The predicted molar refractivity (Wildman–Crippen MR) is 130 cm³/mol. The monoisotopic (exact) mass is 474 g/mol. The Labute approximate surface area is 190 Å². The summed E-state index contributed by atoms with van der Waals surface area (Å²) in [5, 5.41) is 21.5. The highest BCUT2D eigenvalue weighted by Crippen LogP contribution is 2.54. The van der Waals surface area contributed by atoms with Crippen LogP contribution in [0.1, 0.15) is 89.2 Å². The number of rotatable bonds is 10. The van der Waals surface area contributed by atoms with Crippen LogP contribution in [0.3, 0.4) is 0 Å². The smallest absolute Gasteiger partial charge is 0.402 e. The molecule has 3 rings (SSSR count). The van der Waals surface area contributed by atoms with Crippen LogP contribution < -0.4 is 0 Å². The maximum Gasteiger partial charge on any atom is 0.631 e. The molecule has 2 aromatic rings. The van der Waals surface area contributed by atoms with Crippen molar-refractivity contribution < 1.29 is 15.1 Å². The third-order valence-electron chi connectivity index (χ3n) is 6.14. The van der Waals surface area contributed by atoms with E-state index in [9.17, 15) is 0 Å². The van der Waals surface area contributed by atoms with Crippen molar-refractivity contribution in [1.29, 1.82) is 0 Å². The van der Waals surface area contributed by atoms with E-state index in [2.05, 4.69) is 72.2 Å². The number of hydrogen-bond acceptors (Lipinski definition) is 3. The molecule has 0 amide bonds. The van der Waals surface area contributed by atoms with Crippen LogP contribution in [0.4, 0.5) is 0 Å². The summed E-state index contributed by atoms with van der Waals surface area (Å²) < 4.78 is 1.22. The summed E-state index contributed by atoms with van der Waals surface area (Å²) in [6, 6.07) is 16.1. The second kappa shape index (κ2) is 12.7. The van der Waals surface area contributed by atoms with Gasteiger partial charge in [0.25, 0.3) is 0 Å². The largest absolute Gasteiger partial charge is 0.631 e. The fraction of sp³-hybridized carbons (Fsp3) is 0.520. The van der Waals surface area contributed by atoms with Crippen LogP contribution >= 0.6 is 15.9 Å². The molecular weight excluding hydrogens is 439 g/mol. The Morgan fingerprint density at radius 1 is 0.733 bits per heavy atom. The van der Waals surface area contributed by atoms with E-state index >= 15 is 0 Å². The summed E-state index contributed by atoms with van der Waals surface area (Å²) in [5.41, 5.74) is 6.31. The van der Waals surface area contributed by atoms with Crippen LogP contribution in [-0.2, 0) is 5.41 Å². The molecule has 0 heterocycles. The molecule has 0 atom stereocenters. The number of benzene rings is 2. The van der Waals surface area contributed by atoms with Crippen molar-refractivity contribution in [3.8, 4) is 11.1 Å². The van der Waals surface area contributed by atoms with Gasteiger partial charge in [-0.25, -0.2) is 0 Å². The highest BCUT2D eigenvalue weighted by atomic mass is 79.9. The molecule has 1 aliphatic carbocycles. The highest BCUT2D eigenvalue weighted by Gasteiger charge is 2.41. The molecule has 1 aliphatic rings. The highest BCUT2D eigenvalue weighted by molar-refractivity contribution is 9.10. The third kappa shape index (κ3) is 6.43. The second-order valence-corrected chi connectivity index (χ2v) is 9.20. The molecule has 0 saturated carbocycles. The normalized spacial score (nSPS) is 13.3. The quantitative estimate of drug-likeness (QED) is 0.268. The van der Waals surface area contributed by atoms with E-state index in [0.29, 0.717) is 0 Å². The Balaban J connectivity index is 0.000000735. The predicted octanol–water partition coefficient (Wildman–Crippen LogP) is 6.60. The Hall–Kier alpha value is -1.14. The molecule has 3 nitrogen and oxygen atoms in total. The summed E-state index contributed by atoms with van der Waals surface area (Å²) in [6.45, 7) is 4.61. The molecule has 0 fully saturated rings. The Morgan fingerprint density at radius 3 is 1.83 bits per heavy atom. The molecule has 0 spiro atoms. The van der Waals surface area contributed by atoms with Crippen LogP contribution in [0.15, 0.2) is 46.9 Å². The lowest BCUT2D eigenvalue weighted by molar-refractivity contribution is 0.278. The number of unbranched alkanes of at least 4 members (excludes halogenated alkanes) is 6. The van der Waals surface area contributed by atoms with Gasteiger partial charge in [-0.2, -0.15) is 0 Å². The first-order valence-corrected chi connectivity index (χ1v) is 12.2. The van der Waals surface area contributed by atoms with Gasteiger partial charge in [-0.3, -0.25) is 0 Å². The van der Waals surface area contributed by atoms with Crippen molar-refractivity contribution in [1.82, 2.24) is 0 Å².